The molecule has 0 aliphatic carbocycles. The van der Waals surface area contributed by atoms with E-state index in [4.69, 9.17) is 10.9 Å². The van der Waals surface area contributed by atoms with E-state index in [-0.39, 0.29) is 18.3 Å². The van der Waals surface area contributed by atoms with Gasteiger partial charge in [0.25, 0.3) is 5.91 Å². The third kappa shape index (κ3) is 3.46. The smallest absolute Gasteiger partial charge is 0.252 e. The Kier molecular flexibility index (Phi) is 4.72. The first-order valence-corrected chi connectivity index (χ1v) is 6.18. The number of rotatable bonds is 4. The molecule has 98 valence electrons. The number of carbonyl (C=O) groups is 1. The van der Waals surface area contributed by atoms with Crippen LogP contribution in [0.5, 0.6) is 0 Å². The van der Waals surface area contributed by atoms with Gasteiger partial charge in [-0.15, -0.1) is 0 Å². The van der Waals surface area contributed by atoms with Crippen molar-refractivity contribution >= 4 is 27.7 Å². The highest BCUT2D eigenvalue weighted by Gasteiger charge is 2.24. The fourth-order valence-corrected chi connectivity index (χ4v) is 1.73. The van der Waals surface area contributed by atoms with Gasteiger partial charge < -0.3 is 16.3 Å². The summed E-state index contributed by atoms with van der Waals surface area (Å²) >= 11 is 3.31. The fraction of sp³-hybridized carbons (Fsp3) is 0.333. The number of oxime groups is 1. The predicted molar refractivity (Wildman–Crippen MR) is 73.7 cm³/mol. The summed E-state index contributed by atoms with van der Waals surface area (Å²) in [6.07, 6.45) is 0. The molecule has 4 N–H and O–H groups in total. The van der Waals surface area contributed by atoms with Crippen molar-refractivity contribution in [3.8, 4) is 0 Å². The molecule has 0 spiro atoms. The zero-order valence-electron chi connectivity index (χ0n) is 10.3. The molecule has 6 heteroatoms. The molecule has 1 aromatic rings. The second-order valence-electron chi connectivity index (χ2n) is 4.53. The Labute approximate surface area is 114 Å². The molecule has 0 bridgehead atoms. The van der Waals surface area contributed by atoms with E-state index in [1.165, 1.54) is 0 Å². The third-order valence-electron chi connectivity index (χ3n) is 2.61. The van der Waals surface area contributed by atoms with Crippen LogP contribution in [0.25, 0.3) is 0 Å². The van der Waals surface area contributed by atoms with Crippen LogP contribution in [0.2, 0.25) is 0 Å². The molecule has 0 saturated carbocycles. The van der Waals surface area contributed by atoms with Gasteiger partial charge in [0.05, 0.1) is 5.56 Å². The van der Waals surface area contributed by atoms with Crippen LogP contribution >= 0.6 is 15.9 Å². The maximum absolute atomic E-state index is 11.9. The Morgan fingerprint density at radius 1 is 1.50 bits per heavy atom. The van der Waals surface area contributed by atoms with Crippen molar-refractivity contribution in [1.29, 1.82) is 0 Å². The number of nitrogens with two attached hydrogens (primary N) is 1. The van der Waals surface area contributed by atoms with Crippen LogP contribution in [0.15, 0.2) is 33.9 Å². The Morgan fingerprint density at radius 2 is 2.11 bits per heavy atom. The standard InChI is InChI=1S/C12H16BrN3O2/c1-12(2,11(14)16-18)7-15-10(17)8-5-3-4-6-9(8)13/h3-6,18H,7H2,1-2H3,(H2,14,16)(H,15,17). The Balaban J connectivity index is 2.71. The van der Waals surface area contributed by atoms with E-state index in [0.29, 0.717) is 5.56 Å². The van der Waals surface area contributed by atoms with Crippen molar-refractivity contribution in [2.45, 2.75) is 13.8 Å². The number of carbonyl (C=O) groups excluding carboxylic acids is 1. The lowest BCUT2D eigenvalue weighted by Gasteiger charge is -2.23. The Morgan fingerprint density at radius 3 is 2.67 bits per heavy atom. The number of benzene rings is 1. The van der Waals surface area contributed by atoms with Gasteiger partial charge in [0, 0.05) is 16.4 Å². The van der Waals surface area contributed by atoms with E-state index < -0.39 is 5.41 Å². The minimum Gasteiger partial charge on any atom is -0.409 e. The highest BCUT2D eigenvalue weighted by Crippen LogP contribution is 2.17. The molecule has 0 aromatic heterocycles. The minimum atomic E-state index is -0.605. The molecule has 0 radical (unpaired) electrons. The van der Waals surface area contributed by atoms with Gasteiger partial charge in [-0.3, -0.25) is 4.79 Å². The number of amidine groups is 1. The number of hydrogen-bond acceptors (Lipinski definition) is 3. The van der Waals surface area contributed by atoms with E-state index in [9.17, 15) is 4.79 Å². The highest BCUT2D eigenvalue weighted by molar-refractivity contribution is 9.10. The summed E-state index contributed by atoms with van der Waals surface area (Å²) in [5.41, 5.74) is 5.49. The molecule has 0 saturated heterocycles. The zero-order chi connectivity index (χ0) is 13.8. The summed E-state index contributed by atoms with van der Waals surface area (Å²) in [4.78, 5) is 11.9. The van der Waals surface area contributed by atoms with Crippen LogP contribution in [-0.2, 0) is 0 Å². The van der Waals surface area contributed by atoms with Crippen molar-refractivity contribution < 1.29 is 10.0 Å². The summed E-state index contributed by atoms with van der Waals surface area (Å²) in [5.74, 6) is -0.129. The van der Waals surface area contributed by atoms with Crippen molar-refractivity contribution in [3.05, 3.63) is 34.3 Å². The Hall–Kier alpha value is -1.56. The van der Waals surface area contributed by atoms with Crippen LogP contribution in [0.4, 0.5) is 0 Å². The average Bonchev–Trinajstić information content (AvgIpc) is 2.35. The maximum atomic E-state index is 11.9. The van der Waals surface area contributed by atoms with Crippen molar-refractivity contribution in [1.82, 2.24) is 5.32 Å². The summed E-state index contributed by atoms with van der Waals surface area (Å²) in [7, 11) is 0. The van der Waals surface area contributed by atoms with Gasteiger partial charge in [-0.25, -0.2) is 0 Å². The third-order valence-corrected chi connectivity index (χ3v) is 3.30. The summed E-state index contributed by atoms with van der Waals surface area (Å²) in [6, 6.07) is 7.13. The molecule has 0 aliphatic heterocycles. The highest BCUT2D eigenvalue weighted by atomic mass is 79.9. The molecule has 0 atom stereocenters. The lowest BCUT2D eigenvalue weighted by atomic mass is 9.92. The van der Waals surface area contributed by atoms with Gasteiger partial charge in [-0.05, 0) is 28.1 Å². The van der Waals surface area contributed by atoms with E-state index in [1.807, 2.05) is 6.07 Å². The zero-order valence-corrected chi connectivity index (χ0v) is 11.9. The van der Waals surface area contributed by atoms with Crippen LogP contribution in [0.1, 0.15) is 24.2 Å². The number of halogens is 1. The van der Waals surface area contributed by atoms with Gasteiger partial charge >= 0.3 is 0 Å². The minimum absolute atomic E-state index is 0.0786. The first kappa shape index (κ1) is 14.5. The molecular formula is C12H16BrN3O2. The normalized spacial score (nSPS) is 12.3. The van der Waals surface area contributed by atoms with Crippen molar-refractivity contribution in [2.24, 2.45) is 16.3 Å². The van der Waals surface area contributed by atoms with Gasteiger partial charge in [0.1, 0.15) is 5.84 Å². The van der Waals surface area contributed by atoms with Gasteiger partial charge in [0.2, 0.25) is 0 Å². The summed E-state index contributed by atoms with van der Waals surface area (Å²) in [6.45, 7) is 3.84. The molecule has 0 aliphatic rings. The van der Waals surface area contributed by atoms with E-state index >= 15 is 0 Å². The lowest BCUT2D eigenvalue weighted by Crippen LogP contribution is -2.42. The van der Waals surface area contributed by atoms with Gasteiger partial charge in [0.15, 0.2) is 0 Å². The van der Waals surface area contributed by atoms with E-state index in [0.717, 1.165) is 4.47 Å². The monoisotopic (exact) mass is 313 g/mol. The van der Waals surface area contributed by atoms with Gasteiger partial charge in [-0.1, -0.05) is 31.1 Å². The molecule has 5 nitrogen and oxygen atoms in total. The Bertz CT molecular complexity index is 472. The molecule has 0 fully saturated rings. The van der Waals surface area contributed by atoms with Crippen molar-refractivity contribution in [2.75, 3.05) is 6.54 Å². The number of nitrogens with one attached hydrogen (secondary N) is 1. The summed E-state index contributed by atoms with van der Waals surface area (Å²) < 4.78 is 0.726. The summed E-state index contributed by atoms with van der Waals surface area (Å²) in [5, 5.41) is 14.4. The molecule has 0 unspecified atom stereocenters. The predicted octanol–water partition coefficient (Wildman–Crippen LogP) is 1.95. The van der Waals surface area contributed by atoms with Gasteiger partial charge in [-0.2, -0.15) is 0 Å². The van der Waals surface area contributed by atoms with Crippen LogP contribution in [-0.4, -0.2) is 23.5 Å². The molecular weight excluding hydrogens is 298 g/mol. The van der Waals surface area contributed by atoms with Crippen LogP contribution in [0.3, 0.4) is 0 Å². The maximum Gasteiger partial charge on any atom is 0.252 e. The van der Waals surface area contributed by atoms with Crippen LogP contribution in [0, 0.1) is 5.41 Å². The molecule has 1 rings (SSSR count). The average molecular weight is 314 g/mol. The number of nitrogens with zero attached hydrogens (tertiary/aromatic N) is 1. The first-order chi connectivity index (χ1) is 8.38. The second kappa shape index (κ2) is 5.86. The molecule has 18 heavy (non-hydrogen) atoms. The largest absolute Gasteiger partial charge is 0.409 e. The SMILES string of the molecule is CC(C)(CNC(=O)c1ccccc1Br)/C(N)=N/O. The van der Waals surface area contributed by atoms with Crippen molar-refractivity contribution in [3.63, 3.8) is 0 Å². The molecule has 1 amide bonds. The quantitative estimate of drug-likeness (QED) is 0.343. The lowest BCUT2D eigenvalue weighted by molar-refractivity contribution is 0.0943. The number of hydrogen-bond donors (Lipinski definition) is 3. The first-order valence-electron chi connectivity index (χ1n) is 5.39. The molecule has 0 heterocycles. The van der Waals surface area contributed by atoms with Crippen LogP contribution < -0.4 is 11.1 Å². The van der Waals surface area contributed by atoms with E-state index in [1.54, 1.807) is 32.0 Å². The number of amides is 1. The fourth-order valence-electron chi connectivity index (χ4n) is 1.27. The topological polar surface area (TPSA) is 87.7 Å². The van der Waals surface area contributed by atoms with E-state index in [2.05, 4.69) is 26.4 Å². The molecule has 1 aromatic carbocycles. The second-order valence-corrected chi connectivity index (χ2v) is 5.39.